The zero-order chi connectivity index (χ0) is 22.6. The number of hydrogen-bond donors (Lipinski definition) is 1. The highest BCUT2D eigenvalue weighted by molar-refractivity contribution is 5.87. The van der Waals surface area contributed by atoms with Gasteiger partial charge in [0.25, 0.3) is 0 Å². The molecule has 0 heterocycles. The van der Waals surface area contributed by atoms with Gasteiger partial charge < -0.3 is 4.74 Å². The summed E-state index contributed by atoms with van der Waals surface area (Å²) in [5, 5.41) is 2.97. The van der Waals surface area contributed by atoms with E-state index in [1.807, 2.05) is 0 Å². The molecule has 0 saturated heterocycles. The zero-order valence-corrected chi connectivity index (χ0v) is 14.7. The summed E-state index contributed by atoms with van der Waals surface area (Å²) in [5.41, 5.74) is 1.74. The van der Waals surface area contributed by atoms with Gasteiger partial charge in [-0.15, -0.1) is 0 Å². The van der Waals surface area contributed by atoms with E-state index in [2.05, 4.69) is 5.10 Å². The summed E-state index contributed by atoms with van der Waals surface area (Å²) >= 11 is 0. The van der Waals surface area contributed by atoms with Crippen LogP contribution in [0.5, 0.6) is 5.75 Å². The van der Waals surface area contributed by atoms with Crippen molar-refractivity contribution < 1.29 is 44.7 Å². The Morgan fingerprint density at radius 3 is 2.23 bits per heavy atom. The minimum absolute atomic E-state index is 0.0519. The minimum atomic E-state index is -6.63. The molecule has 0 radical (unpaired) electrons. The van der Waals surface area contributed by atoms with Crippen molar-refractivity contribution in [2.45, 2.75) is 24.6 Å². The summed E-state index contributed by atoms with van der Waals surface area (Å²) in [6.07, 6.45) is -5.89. The van der Waals surface area contributed by atoms with Gasteiger partial charge in [0.1, 0.15) is 18.2 Å². The van der Waals surface area contributed by atoms with Gasteiger partial charge in [0.15, 0.2) is 0 Å². The van der Waals surface area contributed by atoms with Crippen LogP contribution < -0.4 is 10.2 Å². The number of hydrogen-bond acceptors (Lipinski definition) is 3. The van der Waals surface area contributed by atoms with Crippen molar-refractivity contribution in [3.63, 3.8) is 0 Å². The van der Waals surface area contributed by atoms with Crippen molar-refractivity contribution in [3.05, 3.63) is 65.5 Å². The highest BCUT2D eigenvalue weighted by Crippen LogP contribution is 2.46. The summed E-state index contributed by atoms with van der Waals surface area (Å²) in [6, 6.07) is 11.0. The summed E-state index contributed by atoms with van der Waals surface area (Å²) in [5.74, 6) is -15.7. The van der Waals surface area contributed by atoms with Crippen molar-refractivity contribution in [2.75, 3.05) is 0 Å². The smallest absolute Gasteiger partial charge is 0.460 e. The lowest BCUT2D eigenvalue weighted by atomic mass is 10.1. The van der Waals surface area contributed by atoms with E-state index in [9.17, 15) is 39.9 Å². The second kappa shape index (κ2) is 8.67. The molecule has 0 aliphatic heterocycles. The third kappa shape index (κ3) is 5.24. The van der Waals surface area contributed by atoms with Crippen molar-refractivity contribution in [1.82, 2.24) is 5.43 Å². The molecule has 162 valence electrons. The summed E-state index contributed by atoms with van der Waals surface area (Å²) in [6.45, 7) is 0.0519. The first-order valence-corrected chi connectivity index (χ1v) is 7.98. The molecule has 2 rings (SSSR count). The van der Waals surface area contributed by atoms with E-state index in [-0.39, 0.29) is 17.9 Å². The molecule has 0 aliphatic rings. The number of halogens is 8. The highest BCUT2D eigenvalue weighted by atomic mass is 19.4. The predicted octanol–water partition coefficient (Wildman–Crippen LogP) is 4.69. The normalized spacial score (nSPS) is 12.8. The first kappa shape index (κ1) is 23.1. The topological polar surface area (TPSA) is 50.7 Å². The van der Waals surface area contributed by atoms with E-state index >= 15 is 0 Å². The molecule has 0 aliphatic carbocycles. The lowest BCUT2D eigenvalue weighted by Gasteiger charge is -2.26. The van der Waals surface area contributed by atoms with Gasteiger partial charge in [-0.1, -0.05) is 24.3 Å². The standard InChI is InChI=1S/C18H12F8N2O2/c19-13-6-4-11(5-7-13)10-30-14-3-1-2-12(8-14)9-27-28-15(29)16(20,21)17(22,23)18(24,25)26/h1-9H,10H2,(H,28,29). The van der Waals surface area contributed by atoms with Crippen LogP contribution in [-0.4, -0.2) is 30.1 Å². The van der Waals surface area contributed by atoms with Gasteiger partial charge in [0.05, 0.1) is 6.21 Å². The summed E-state index contributed by atoms with van der Waals surface area (Å²) in [7, 11) is 0. The number of nitrogens with zero attached hydrogens (tertiary/aromatic N) is 1. The Hall–Kier alpha value is -3.18. The minimum Gasteiger partial charge on any atom is -0.489 e. The second-order valence-corrected chi connectivity index (χ2v) is 5.83. The average Bonchev–Trinajstić information content (AvgIpc) is 2.66. The maximum Gasteiger partial charge on any atom is 0.460 e. The molecular formula is C18H12F8N2O2. The average molecular weight is 440 g/mol. The van der Waals surface area contributed by atoms with Gasteiger partial charge >= 0.3 is 23.9 Å². The quantitative estimate of drug-likeness (QED) is 0.386. The van der Waals surface area contributed by atoms with Crippen LogP contribution >= 0.6 is 0 Å². The molecule has 0 fully saturated rings. The summed E-state index contributed by atoms with van der Waals surface area (Å²) in [4.78, 5) is 11.1. The van der Waals surface area contributed by atoms with E-state index in [0.717, 1.165) is 11.6 Å². The molecule has 0 bridgehead atoms. The molecular weight excluding hydrogens is 428 g/mol. The van der Waals surface area contributed by atoms with E-state index in [4.69, 9.17) is 4.74 Å². The van der Waals surface area contributed by atoms with Crippen LogP contribution in [0, 0.1) is 5.82 Å². The Bertz CT molecular complexity index is 911. The summed E-state index contributed by atoms with van der Waals surface area (Å²) < 4.78 is 106. The highest BCUT2D eigenvalue weighted by Gasteiger charge is 2.76. The van der Waals surface area contributed by atoms with E-state index < -0.39 is 29.7 Å². The largest absolute Gasteiger partial charge is 0.489 e. The van der Waals surface area contributed by atoms with Crippen LogP contribution in [0.3, 0.4) is 0 Å². The van der Waals surface area contributed by atoms with Crippen molar-refractivity contribution in [3.8, 4) is 5.75 Å². The van der Waals surface area contributed by atoms with E-state index in [1.54, 1.807) is 0 Å². The molecule has 30 heavy (non-hydrogen) atoms. The molecule has 0 aromatic heterocycles. The van der Waals surface area contributed by atoms with Gasteiger partial charge in [-0.25, -0.2) is 9.82 Å². The molecule has 0 atom stereocenters. The maximum absolute atomic E-state index is 13.2. The third-order valence-electron chi connectivity index (χ3n) is 3.59. The fraction of sp³-hybridized carbons (Fsp3) is 0.222. The van der Waals surface area contributed by atoms with Gasteiger partial charge in [0.2, 0.25) is 0 Å². The van der Waals surface area contributed by atoms with Crippen LogP contribution in [0.4, 0.5) is 35.1 Å². The fourth-order valence-electron chi connectivity index (χ4n) is 1.99. The van der Waals surface area contributed by atoms with Gasteiger partial charge in [-0.05, 0) is 35.4 Å². The number of hydrazone groups is 1. The molecule has 0 spiro atoms. The predicted molar refractivity (Wildman–Crippen MR) is 88.9 cm³/mol. The molecule has 4 nitrogen and oxygen atoms in total. The second-order valence-electron chi connectivity index (χ2n) is 5.83. The van der Waals surface area contributed by atoms with Crippen LogP contribution in [0.2, 0.25) is 0 Å². The molecule has 0 unspecified atom stereocenters. The Morgan fingerprint density at radius 1 is 1.00 bits per heavy atom. The van der Waals surface area contributed by atoms with Crippen molar-refractivity contribution in [2.24, 2.45) is 5.10 Å². The first-order chi connectivity index (χ1) is 13.8. The molecule has 2 aromatic carbocycles. The zero-order valence-electron chi connectivity index (χ0n) is 14.7. The third-order valence-corrected chi connectivity index (χ3v) is 3.59. The fourth-order valence-corrected chi connectivity index (χ4v) is 1.99. The molecule has 0 saturated carbocycles. The SMILES string of the molecule is O=C(NN=Cc1cccc(OCc2ccc(F)cc2)c1)C(F)(F)C(F)(F)C(F)(F)F. The number of ether oxygens (including phenoxy) is 1. The lowest BCUT2D eigenvalue weighted by Crippen LogP contribution is -2.58. The maximum atomic E-state index is 13.2. The number of carbonyl (C=O) groups excluding carboxylic acids is 1. The molecule has 1 N–H and O–H groups in total. The van der Waals surface area contributed by atoms with Crippen molar-refractivity contribution in [1.29, 1.82) is 0 Å². The number of amides is 1. The molecule has 2 aromatic rings. The number of alkyl halides is 7. The van der Waals surface area contributed by atoms with Gasteiger partial charge in [0, 0.05) is 0 Å². The van der Waals surface area contributed by atoms with Crippen LogP contribution in [0.25, 0.3) is 0 Å². The van der Waals surface area contributed by atoms with Crippen LogP contribution in [0.15, 0.2) is 53.6 Å². The number of rotatable bonds is 7. The number of benzene rings is 2. The van der Waals surface area contributed by atoms with Crippen LogP contribution in [0.1, 0.15) is 11.1 Å². The van der Waals surface area contributed by atoms with Gasteiger partial charge in [-0.3, -0.25) is 4.79 Å². The van der Waals surface area contributed by atoms with Crippen molar-refractivity contribution >= 4 is 12.1 Å². The monoisotopic (exact) mass is 440 g/mol. The van der Waals surface area contributed by atoms with E-state index in [1.165, 1.54) is 48.5 Å². The van der Waals surface area contributed by atoms with Gasteiger partial charge in [-0.2, -0.15) is 35.8 Å². The Kier molecular flexibility index (Phi) is 6.68. The lowest BCUT2D eigenvalue weighted by molar-refractivity contribution is -0.344. The molecule has 1 amide bonds. The number of carbonyl (C=O) groups is 1. The molecule has 12 heteroatoms. The Labute approximate surface area is 164 Å². The van der Waals surface area contributed by atoms with Crippen LogP contribution in [-0.2, 0) is 11.4 Å². The van der Waals surface area contributed by atoms with E-state index in [0.29, 0.717) is 5.56 Å². The Balaban J connectivity index is 2.00. The number of nitrogens with one attached hydrogen (secondary N) is 1. The Morgan fingerprint density at radius 2 is 1.63 bits per heavy atom. The first-order valence-electron chi connectivity index (χ1n) is 7.98.